The fourth-order valence-corrected chi connectivity index (χ4v) is 4.04. The smallest absolute Gasteiger partial charge is 0.266 e. The average molecular weight is 422 g/mol. The third-order valence-corrected chi connectivity index (χ3v) is 5.63. The van der Waals surface area contributed by atoms with Crippen LogP contribution in [0.1, 0.15) is 22.0 Å². The quantitative estimate of drug-likeness (QED) is 0.406. The molecule has 0 N–H and O–H groups in total. The summed E-state index contributed by atoms with van der Waals surface area (Å²) in [7, 11) is 0. The number of likely N-dealkylation sites (tertiary alicyclic amines) is 1. The Morgan fingerprint density at radius 3 is 2.04 bits per heavy atom. The van der Waals surface area contributed by atoms with E-state index < -0.39 is 6.10 Å². The molecule has 3 aromatic carbocycles. The van der Waals surface area contributed by atoms with Crippen LogP contribution >= 0.6 is 15.9 Å². The van der Waals surface area contributed by atoms with E-state index in [-0.39, 0.29) is 16.8 Å². The van der Waals surface area contributed by atoms with E-state index >= 15 is 0 Å². The monoisotopic (exact) mass is 421 g/mol. The van der Waals surface area contributed by atoms with Crippen molar-refractivity contribution in [3.05, 3.63) is 102 Å². The minimum atomic E-state index is -0.495. The van der Waals surface area contributed by atoms with Gasteiger partial charge in [0.05, 0.1) is 4.83 Å². The van der Waals surface area contributed by atoms with Gasteiger partial charge in [0.15, 0.2) is 0 Å². The first-order chi connectivity index (χ1) is 13.2. The highest BCUT2D eigenvalue weighted by molar-refractivity contribution is 9.09. The third kappa shape index (κ3) is 3.76. The number of rotatable bonds is 6. The van der Waals surface area contributed by atoms with Crippen molar-refractivity contribution >= 4 is 21.8 Å². The number of carbonyl (C=O) groups excluding carboxylic acids is 1. The van der Waals surface area contributed by atoms with Crippen molar-refractivity contribution in [1.82, 2.24) is 4.90 Å². The van der Waals surface area contributed by atoms with Crippen LogP contribution in [0.4, 0.5) is 0 Å². The van der Waals surface area contributed by atoms with Crippen LogP contribution in [0.5, 0.6) is 5.75 Å². The molecule has 1 saturated heterocycles. The molecule has 4 rings (SSSR count). The maximum absolute atomic E-state index is 12.9. The number of ether oxygens (including phenoxy) is 1. The minimum absolute atomic E-state index is 0.0214. The predicted molar refractivity (Wildman–Crippen MR) is 110 cm³/mol. The Morgan fingerprint density at radius 1 is 0.852 bits per heavy atom. The summed E-state index contributed by atoms with van der Waals surface area (Å²) < 4.78 is 6.04. The van der Waals surface area contributed by atoms with Crippen molar-refractivity contribution in [2.45, 2.75) is 17.0 Å². The normalized spacial score (nSPS) is 20.0. The van der Waals surface area contributed by atoms with Crippen molar-refractivity contribution in [1.29, 1.82) is 0 Å². The van der Waals surface area contributed by atoms with Gasteiger partial charge < -0.3 is 9.64 Å². The van der Waals surface area contributed by atoms with Crippen LogP contribution in [0.25, 0.3) is 0 Å². The number of para-hydroxylation sites is 1. The number of halogens is 1. The summed E-state index contributed by atoms with van der Waals surface area (Å²) in [5.74, 6) is 0.739. The summed E-state index contributed by atoms with van der Waals surface area (Å²) in [6.45, 7) is 0.594. The van der Waals surface area contributed by atoms with Gasteiger partial charge in [0, 0.05) is 6.54 Å². The standard InChI is InChI=1S/C23H20BrNO2/c24-20(17-10-4-1-5-11-17)16-25-21(18-12-6-2-7-13-18)22(23(25)26)27-19-14-8-3-9-15-19/h1-15,20-22H,16H2. The molecule has 0 spiro atoms. The van der Waals surface area contributed by atoms with Crippen molar-refractivity contribution in [3.8, 4) is 5.75 Å². The average Bonchev–Trinajstić information content (AvgIpc) is 2.74. The largest absolute Gasteiger partial charge is 0.478 e. The van der Waals surface area contributed by atoms with Crippen molar-refractivity contribution < 1.29 is 9.53 Å². The van der Waals surface area contributed by atoms with Crippen LogP contribution < -0.4 is 4.74 Å². The highest BCUT2D eigenvalue weighted by Gasteiger charge is 2.50. The zero-order valence-corrected chi connectivity index (χ0v) is 16.3. The Morgan fingerprint density at radius 2 is 1.41 bits per heavy atom. The number of amides is 1. The number of hydrogen-bond donors (Lipinski definition) is 0. The summed E-state index contributed by atoms with van der Waals surface area (Å²) in [6.07, 6.45) is -0.495. The van der Waals surface area contributed by atoms with Gasteiger partial charge in [0.2, 0.25) is 6.10 Å². The fourth-order valence-electron chi connectivity index (χ4n) is 3.43. The molecule has 1 aliphatic rings. The second-order valence-electron chi connectivity index (χ2n) is 6.58. The lowest BCUT2D eigenvalue weighted by molar-refractivity contribution is -0.164. The van der Waals surface area contributed by atoms with Crippen molar-refractivity contribution in [3.63, 3.8) is 0 Å². The Labute approximate surface area is 167 Å². The maximum Gasteiger partial charge on any atom is 0.266 e. The third-order valence-electron chi connectivity index (χ3n) is 4.81. The Hall–Kier alpha value is -2.59. The van der Waals surface area contributed by atoms with Crippen LogP contribution in [0.3, 0.4) is 0 Å². The van der Waals surface area contributed by atoms with E-state index in [4.69, 9.17) is 4.74 Å². The van der Waals surface area contributed by atoms with Gasteiger partial charge in [-0.1, -0.05) is 94.8 Å². The molecule has 0 radical (unpaired) electrons. The molecule has 0 saturated carbocycles. The second-order valence-corrected chi connectivity index (χ2v) is 7.68. The molecule has 3 unspecified atom stereocenters. The SMILES string of the molecule is O=C1C(Oc2ccccc2)C(c2ccccc2)N1CC(Br)c1ccccc1. The van der Waals surface area contributed by atoms with E-state index in [0.717, 1.165) is 16.9 Å². The van der Waals surface area contributed by atoms with Crippen LogP contribution in [0, 0.1) is 0 Å². The number of nitrogens with zero attached hydrogens (tertiary/aromatic N) is 1. The highest BCUT2D eigenvalue weighted by atomic mass is 79.9. The molecule has 1 heterocycles. The minimum Gasteiger partial charge on any atom is -0.478 e. The Bertz CT molecular complexity index is 886. The molecule has 3 atom stereocenters. The van der Waals surface area contributed by atoms with E-state index in [9.17, 15) is 4.79 Å². The van der Waals surface area contributed by atoms with E-state index in [1.807, 2.05) is 71.6 Å². The highest BCUT2D eigenvalue weighted by Crippen LogP contribution is 2.40. The van der Waals surface area contributed by atoms with E-state index in [2.05, 4.69) is 40.2 Å². The number of carbonyl (C=O) groups is 1. The Kier molecular flexibility index (Phi) is 5.26. The number of benzene rings is 3. The first-order valence-corrected chi connectivity index (χ1v) is 9.92. The molecule has 3 nitrogen and oxygen atoms in total. The zero-order chi connectivity index (χ0) is 18.6. The van der Waals surface area contributed by atoms with Gasteiger partial charge in [0.25, 0.3) is 5.91 Å². The second kappa shape index (κ2) is 7.97. The van der Waals surface area contributed by atoms with Gasteiger partial charge in [-0.2, -0.15) is 0 Å². The molecular formula is C23H20BrNO2. The Balaban J connectivity index is 1.56. The molecule has 3 aromatic rings. The zero-order valence-electron chi connectivity index (χ0n) is 14.7. The topological polar surface area (TPSA) is 29.5 Å². The lowest BCUT2D eigenvalue weighted by Crippen LogP contribution is -2.61. The van der Waals surface area contributed by atoms with E-state index in [0.29, 0.717) is 6.54 Å². The maximum atomic E-state index is 12.9. The van der Waals surface area contributed by atoms with Crippen LogP contribution in [-0.4, -0.2) is 23.5 Å². The molecule has 27 heavy (non-hydrogen) atoms. The van der Waals surface area contributed by atoms with Gasteiger partial charge >= 0.3 is 0 Å². The predicted octanol–water partition coefficient (Wildman–Crippen LogP) is 5.15. The van der Waals surface area contributed by atoms with Crippen molar-refractivity contribution in [2.75, 3.05) is 6.54 Å². The summed E-state index contributed by atoms with van der Waals surface area (Å²) >= 11 is 3.74. The molecule has 0 bridgehead atoms. The lowest BCUT2D eigenvalue weighted by Gasteiger charge is -2.47. The molecule has 1 amide bonds. The summed E-state index contributed by atoms with van der Waals surface area (Å²) in [6, 6.07) is 29.7. The van der Waals surface area contributed by atoms with Crippen LogP contribution in [-0.2, 0) is 4.79 Å². The van der Waals surface area contributed by atoms with Gasteiger partial charge in [0.1, 0.15) is 11.8 Å². The van der Waals surface area contributed by atoms with E-state index in [1.165, 1.54) is 0 Å². The van der Waals surface area contributed by atoms with Gasteiger partial charge in [-0.25, -0.2) is 0 Å². The summed E-state index contributed by atoms with van der Waals surface area (Å²) in [5.41, 5.74) is 2.25. The van der Waals surface area contributed by atoms with E-state index in [1.54, 1.807) is 0 Å². The van der Waals surface area contributed by atoms with Crippen LogP contribution in [0.15, 0.2) is 91.0 Å². The molecule has 1 aliphatic heterocycles. The van der Waals surface area contributed by atoms with Crippen LogP contribution in [0.2, 0.25) is 0 Å². The summed E-state index contributed by atoms with van der Waals surface area (Å²) in [5, 5.41) is 0. The molecular weight excluding hydrogens is 402 g/mol. The number of β-lactam (4-membered cyclic amide) rings is 1. The molecule has 4 heteroatoms. The van der Waals surface area contributed by atoms with Crippen molar-refractivity contribution in [2.24, 2.45) is 0 Å². The molecule has 1 fully saturated rings. The number of hydrogen-bond acceptors (Lipinski definition) is 2. The van der Waals surface area contributed by atoms with Gasteiger partial charge in [-0.3, -0.25) is 4.79 Å². The molecule has 0 aliphatic carbocycles. The fraction of sp³-hybridized carbons (Fsp3) is 0.174. The van der Waals surface area contributed by atoms with Gasteiger partial charge in [-0.15, -0.1) is 0 Å². The first-order valence-electron chi connectivity index (χ1n) is 9.00. The van der Waals surface area contributed by atoms with Gasteiger partial charge in [-0.05, 0) is 23.3 Å². The first kappa shape index (κ1) is 17.8. The number of alkyl halides is 1. The molecule has 0 aromatic heterocycles. The molecule has 136 valence electrons. The lowest BCUT2D eigenvalue weighted by atomic mass is 9.90. The summed E-state index contributed by atoms with van der Waals surface area (Å²) in [4.78, 5) is 14.9.